The molecule has 1 fully saturated rings. The van der Waals surface area contributed by atoms with Gasteiger partial charge in [0.2, 0.25) is 5.88 Å². The summed E-state index contributed by atoms with van der Waals surface area (Å²) >= 11 is 1.46. The SMILES string of the molecule is C[C@@H]1CCCC[C@H]1NC(=O)COc1ncnc2scc(-c3ccc(F)cc3)c12. The normalized spacial score (nSPS) is 19.5. The molecule has 3 aromatic rings. The van der Waals surface area contributed by atoms with Crippen LogP contribution in [0.25, 0.3) is 21.3 Å². The van der Waals surface area contributed by atoms with Gasteiger partial charge in [-0.2, -0.15) is 0 Å². The Morgan fingerprint density at radius 3 is 2.82 bits per heavy atom. The van der Waals surface area contributed by atoms with E-state index in [2.05, 4.69) is 22.2 Å². The van der Waals surface area contributed by atoms with Gasteiger partial charge in [0.05, 0.1) is 5.39 Å². The summed E-state index contributed by atoms with van der Waals surface area (Å²) in [7, 11) is 0. The minimum absolute atomic E-state index is 0.0892. The molecule has 146 valence electrons. The number of benzene rings is 1. The van der Waals surface area contributed by atoms with Crippen LogP contribution in [-0.4, -0.2) is 28.5 Å². The van der Waals surface area contributed by atoms with Gasteiger partial charge in [-0.25, -0.2) is 14.4 Å². The fraction of sp³-hybridized carbons (Fsp3) is 0.381. The van der Waals surface area contributed by atoms with Crippen molar-refractivity contribution in [1.82, 2.24) is 15.3 Å². The van der Waals surface area contributed by atoms with E-state index in [1.807, 2.05) is 5.38 Å². The number of carbonyl (C=O) groups is 1. The molecule has 1 N–H and O–H groups in total. The summed E-state index contributed by atoms with van der Waals surface area (Å²) in [6.07, 6.45) is 5.98. The highest BCUT2D eigenvalue weighted by Gasteiger charge is 2.23. The van der Waals surface area contributed by atoms with Crippen LogP contribution in [0.4, 0.5) is 4.39 Å². The van der Waals surface area contributed by atoms with Gasteiger partial charge >= 0.3 is 0 Å². The van der Waals surface area contributed by atoms with Crippen molar-refractivity contribution in [1.29, 1.82) is 0 Å². The molecule has 2 atom stereocenters. The molecule has 4 rings (SSSR count). The van der Waals surface area contributed by atoms with Gasteiger partial charge in [0.1, 0.15) is 17.0 Å². The fourth-order valence-corrected chi connectivity index (χ4v) is 4.62. The Hall–Kier alpha value is -2.54. The highest BCUT2D eigenvalue weighted by atomic mass is 32.1. The number of carbonyl (C=O) groups excluding carboxylic acids is 1. The largest absolute Gasteiger partial charge is 0.467 e. The number of hydrogen-bond acceptors (Lipinski definition) is 5. The molecule has 0 aliphatic heterocycles. The number of hydrogen-bond donors (Lipinski definition) is 1. The summed E-state index contributed by atoms with van der Waals surface area (Å²) in [5.74, 6) is 0.441. The van der Waals surface area contributed by atoms with E-state index >= 15 is 0 Å². The number of nitrogens with zero attached hydrogens (tertiary/aromatic N) is 2. The van der Waals surface area contributed by atoms with Crippen molar-refractivity contribution in [2.24, 2.45) is 5.92 Å². The van der Waals surface area contributed by atoms with Crippen molar-refractivity contribution < 1.29 is 13.9 Å². The maximum Gasteiger partial charge on any atom is 0.258 e. The van der Waals surface area contributed by atoms with E-state index in [1.54, 1.807) is 12.1 Å². The number of thiophene rings is 1. The van der Waals surface area contributed by atoms with E-state index in [0.29, 0.717) is 11.8 Å². The average molecular weight is 399 g/mol. The molecule has 1 aliphatic carbocycles. The molecule has 28 heavy (non-hydrogen) atoms. The zero-order valence-electron chi connectivity index (χ0n) is 15.7. The molecule has 5 nitrogen and oxygen atoms in total. The molecule has 0 radical (unpaired) electrons. The quantitative estimate of drug-likeness (QED) is 0.683. The van der Waals surface area contributed by atoms with Crippen molar-refractivity contribution in [3.8, 4) is 17.0 Å². The summed E-state index contributed by atoms with van der Waals surface area (Å²) in [4.78, 5) is 21.7. The van der Waals surface area contributed by atoms with Crippen LogP contribution >= 0.6 is 11.3 Å². The molecule has 2 aromatic heterocycles. The molecule has 0 saturated heterocycles. The second kappa shape index (κ2) is 8.22. The average Bonchev–Trinajstić information content (AvgIpc) is 3.13. The van der Waals surface area contributed by atoms with Crippen LogP contribution in [0, 0.1) is 11.7 Å². The third-order valence-corrected chi connectivity index (χ3v) is 6.17. The highest BCUT2D eigenvalue weighted by molar-refractivity contribution is 7.17. The van der Waals surface area contributed by atoms with Crippen LogP contribution in [-0.2, 0) is 4.79 Å². The van der Waals surface area contributed by atoms with Crippen molar-refractivity contribution >= 4 is 27.5 Å². The third kappa shape index (κ3) is 3.99. The van der Waals surface area contributed by atoms with Crippen LogP contribution in [0.2, 0.25) is 0 Å². The Morgan fingerprint density at radius 1 is 1.25 bits per heavy atom. The number of halogens is 1. The lowest BCUT2D eigenvalue weighted by Gasteiger charge is -2.29. The number of nitrogens with one attached hydrogen (secondary N) is 1. The zero-order valence-corrected chi connectivity index (χ0v) is 16.5. The first-order valence-electron chi connectivity index (χ1n) is 9.52. The fourth-order valence-electron chi connectivity index (χ4n) is 3.71. The van der Waals surface area contributed by atoms with E-state index in [0.717, 1.165) is 40.6 Å². The van der Waals surface area contributed by atoms with Gasteiger partial charge in [-0.3, -0.25) is 4.79 Å². The number of aromatic nitrogens is 2. The molecule has 1 aromatic carbocycles. The molecule has 0 spiro atoms. The molecule has 0 bridgehead atoms. The summed E-state index contributed by atoms with van der Waals surface area (Å²) in [5, 5.41) is 5.78. The van der Waals surface area contributed by atoms with Gasteiger partial charge in [-0.1, -0.05) is 31.9 Å². The van der Waals surface area contributed by atoms with Crippen LogP contribution in [0.1, 0.15) is 32.6 Å². The standard InChI is InChI=1S/C21H22FN3O2S/c1-13-4-2-3-5-17(13)25-18(26)10-27-20-19-16(11-28-21(19)24-12-23-20)14-6-8-15(22)9-7-14/h6-9,11-13,17H,2-5,10H2,1H3,(H,25,26)/t13-,17-/m1/s1. The van der Waals surface area contributed by atoms with Gasteiger partial charge in [0.25, 0.3) is 5.91 Å². The van der Waals surface area contributed by atoms with Gasteiger partial charge < -0.3 is 10.1 Å². The van der Waals surface area contributed by atoms with Gasteiger partial charge in [-0.05, 0) is 36.5 Å². The first-order chi connectivity index (χ1) is 13.6. The smallest absolute Gasteiger partial charge is 0.258 e. The van der Waals surface area contributed by atoms with Crippen molar-refractivity contribution in [3.05, 3.63) is 41.8 Å². The predicted octanol–water partition coefficient (Wildman–Crippen LogP) is 4.57. The molecule has 1 aliphatic rings. The first kappa shape index (κ1) is 18.8. The van der Waals surface area contributed by atoms with Crippen LogP contribution < -0.4 is 10.1 Å². The third-order valence-electron chi connectivity index (χ3n) is 5.29. The van der Waals surface area contributed by atoms with Gasteiger partial charge in [0.15, 0.2) is 6.61 Å². The maximum atomic E-state index is 13.3. The summed E-state index contributed by atoms with van der Waals surface area (Å²) in [6, 6.07) is 6.48. The molecule has 0 unspecified atom stereocenters. The summed E-state index contributed by atoms with van der Waals surface area (Å²) < 4.78 is 19.0. The van der Waals surface area contributed by atoms with Crippen molar-refractivity contribution in [3.63, 3.8) is 0 Å². The Kier molecular flexibility index (Phi) is 5.52. The molecular formula is C21H22FN3O2S. The zero-order chi connectivity index (χ0) is 19.5. The van der Waals surface area contributed by atoms with Crippen molar-refractivity contribution in [2.45, 2.75) is 38.6 Å². The summed E-state index contributed by atoms with van der Waals surface area (Å²) in [6.45, 7) is 2.09. The highest BCUT2D eigenvalue weighted by Crippen LogP contribution is 2.37. The number of amides is 1. The van der Waals surface area contributed by atoms with Gasteiger partial charge in [-0.15, -0.1) is 11.3 Å². The van der Waals surface area contributed by atoms with E-state index in [9.17, 15) is 9.18 Å². The molecule has 7 heteroatoms. The predicted molar refractivity (Wildman–Crippen MR) is 108 cm³/mol. The van der Waals surface area contributed by atoms with Gasteiger partial charge in [0, 0.05) is 17.0 Å². The van der Waals surface area contributed by atoms with Crippen molar-refractivity contribution in [2.75, 3.05) is 6.61 Å². The van der Waals surface area contributed by atoms with Crippen LogP contribution in [0.3, 0.4) is 0 Å². The first-order valence-corrected chi connectivity index (χ1v) is 10.4. The van der Waals surface area contributed by atoms with E-state index in [-0.39, 0.29) is 24.4 Å². The van der Waals surface area contributed by atoms with Crippen LogP contribution in [0.15, 0.2) is 36.0 Å². The summed E-state index contributed by atoms with van der Waals surface area (Å²) in [5.41, 5.74) is 1.73. The minimum atomic E-state index is -0.287. The number of ether oxygens (including phenoxy) is 1. The Labute approximate surface area is 167 Å². The molecule has 1 amide bonds. The second-order valence-corrected chi connectivity index (χ2v) is 8.10. The molecule has 2 heterocycles. The lowest BCUT2D eigenvalue weighted by molar-refractivity contribution is -0.124. The maximum absolute atomic E-state index is 13.3. The number of fused-ring (bicyclic) bond motifs is 1. The topological polar surface area (TPSA) is 64.1 Å². The monoisotopic (exact) mass is 399 g/mol. The molecular weight excluding hydrogens is 377 g/mol. The Balaban J connectivity index is 1.51. The Morgan fingerprint density at radius 2 is 2.04 bits per heavy atom. The van der Waals surface area contributed by atoms with E-state index in [1.165, 1.54) is 36.2 Å². The second-order valence-electron chi connectivity index (χ2n) is 7.24. The lowest BCUT2D eigenvalue weighted by Crippen LogP contribution is -2.43. The molecule has 1 saturated carbocycles. The Bertz CT molecular complexity index is 973. The van der Waals surface area contributed by atoms with E-state index in [4.69, 9.17) is 4.74 Å². The van der Waals surface area contributed by atoms with E-state index < -0.39 is 0 Å². The van der Waals surface area contributed by atoms with Crippen LogP contribution in [0.5, 0.6) is 5.88 Å². The minimum Gasteiger partial charge on any atom is -0.467 e. The lowest BCUT2D eigenvalue weighted by atomic mass is 9.86. The number of rotatable bonds is 5.